The number of hydrogen-bond donors (Lipinski definition) is 1. The van der Waals surface area contributed by atoms with Gasteiger partial charge in [0.2, 0.25) is 0 Å². The molecule has 0 bridgehead atoms. The highest BCUT2D eigenvalue weighted by molar-refractivity contribution is 7.99. The number of amides is 1. The molecule has 1 amide bonds. The number of rotatable bonds is 7. The molecule has 5 nitrogen and oxygen atoms in total. The third-order valence-corrected chi connectivity index (χ3v) is 3.99. The molecule has 0 aliphatic heterocycles. The van der Waals surface area contributed by atoms with E-state index < -0.39 is 24.2 Å². The summed E-state index contributed by atoms with van der Waals surface area (Å²) >= 11 is 0.151. The summed E-state index contributed by atoms with van der Waals surface area (Å²) in [4.78, 5) is 27.5. The molecular formula is C17H16F2N2O3S. The zero-order chi connectivity index (χ0) is 18.2. The lowest BCUT2D eigenvalue weighted by atomic mass is 10.1. The molecule has 0 aliphatic carbocycles. The first-order chi connectivity index (χ1) is 12.0. The van der Waals surface area contributed by atoms with Gasteiger partial charge in [-0.1, -0.05) is 24.3 Å². The summed E-state index contributed by atoms with van der Waals surface area (Å²) < 4.78 is 29.8. The number of ether oxygens (including phenoxy) is 1. The zero-order valence-corrected chi connectivity index (χ0v) is 14.2. The third kappa shape index (κ3) is 5.82. The van der Waals surface area contributed by atoms with Crippen LogP contribution in [-0.4, -0.2) is 29.2 Å². The minimum absolute atomic E-state index is 0.0977. The van der Waals surface area contributed by atoms with E-state index in [0.29, 0.717) is 6.54 Å². The monoisotopic (exact) mass is 366 g/mol. The summed E-state index contributed by atoms with van der Waals surface area (Å²) in [5.74, 6) is -4.07. The van der Waals surface area contributed by atoms with Gasteiger partial charge >= 0.3 is 5.97 Å². The minimum atomic E-state index is -2.71. The van der Waals surface area contributed by atoms with Crippen LogP contribution in [0.2, 0.25) is 0 Å². The molecule has 132 valence electrons. The van der Waals surface area contributed by atoms with Crippen LogP contribution in [0.25, 0.3) is 0 Å². The second-order valence-electron chi connectivity index (χ2n) is 5.01. The summed E-state index contributed by atoms with van der Waals surface area (Å²) in [6, 6.07) is 10.3. The normalized spacial score (nSPS) is 10.6. The maximum atomic E-state index is 12.5. The van der Waals surface area contributed by atoms with Gasteiger partial charge < -0.3 is 10.1 Å². The van der Waals surface area contributed by atoms with Crippen molar-refractivity contribution >= 4 is 23.6 Å². The van der Waals surface area contributed by atoms with Gasteiger partial charge in [-0.05, 0) is 41.9 Å². The van der Waals surface area contributed by atoms with Crippen LogP contribution in [0.15, 0.2) is 47.6 Å². The fraction of sp³-hybridized carbons (Fsp3) is 0.235. The van der Waals surface area contributed by atoms with Crippen molar-refractivity contribution in [1.82, 2.24) is 10.3 Å². The van der Waals surface area contributed by atoms with Gasteiger partial charge in [-0.15, -0.1) is 0 Å². The molecular weight excluding hydrogens is 350 g/mol. The fourth-order valence-electron chi connectivity index (χ4n) is 1.99. The average molecular weight is 366 g/mol. The van der Waals surface area contributed by atoms with E-state index in [0.717, 1.165) is 11.1 Å². The van der Waals surface area contributed by atoms with Crippen LogP contribution < -0.4 is 5.32 Å². The number of hydrogen-bond acceptors (Lipinski definition) is 5. The molecule has 0 radical (unpaired) electrons. The molecule has 1 aromatic heterocycles. The smallest absolute Gasteiger partial charge is 0.341 e. The van der Waals surface area contributed by atoms with E-state index >= 15 is 0 Å². The number of halogens is 2. The number of alkyl halides is 2. The highest BCUT2D eigenvalue weighted by Gasteiger charge is 2.18. The molecule has 0 spiro atoms. The van der Waals surface area contributed by atoms with Crippen molar-refractivity contribution in [3.63, 3.8) is 0 Å². The van der Waals surface area contributed by atoms with E-state index in [1.54, 1.807) is 0 Å². The van der Waals surface area contributed by atoms with Crippen molar-refractivity contribution in [2.75, 3.05) is 6.61 Å². The van der Waals surface area contributed by atoms with E-state index in [1.165, 1.54) is 18.3 Å². The maximum absolute atomic E-state index is 12.5. The van der Waals surface area contributed by atoms with Crippen molar-refractivity contribution < 1.29 is 23.1 Å². The van der Waals surface area contributed by atoms with Gasteiger partial charge in [0, 0.05) is 12.7 Å². The molecule has 8 heteroatoms. The Morgan fingerprint density at radius 1 is 1.24 bits per heavy atom. The molecule has 0 unspecified atom stereocenters. The number of thioether (sulfide) groups is 1. The topological polar surface area (TPSA) is 68.3 Å². The summed E-state index contributed by atoms with van der Waals surface area (Å²) in [5.41, 5.74) is 1.88. The summed E-state index contributed by atoms with van der Waals surface area (Å²) in [5, 5.41) is 2.50. The Hall–Kier alpha value is -2.48. The highest BCUT2D eigenvalue weighted by Crippen LogP contribution is 2.26. The summed E-state index contributed by atoms with van der Waals surface area (Å²) in [7, 11) is 0. The number of benzene rings is 1. The Bertz CT molecular complexity index is 756. The van der Waals surface area contributed by atoms with E-state index in [2.05, 4.69) is 10.3 Å². The number of aryl methyl sites for hydroxylation is 1. The Balaban J connectivity index is 1.87. The Morgan fingerprint density at radius 3 is 2.72 bits per heavy atom. The number of pyridine rings is 1. The third-order valence-electron chi connectivity index (χ3n) is 3.26. The average Bonchev–Trinajstić information content (AvgIpc) is 2.59. The molecule has 0 atom stereocenters. The van der Waals surface area contributed by atoms with Crippen molar-refractivity contribution in [2.45, 2.75) is 24.3 Å². The number of esters is 1. The van der Waals surface area contributed by atoms with Gasteiger partial charge in [0.1, 0.15) is 5.03 Å². The van der Waals surface area contributed by atoms with E-state index in [-0.39, 0.29) is 22.4 Å². The molecule has 2 aromatic rings. The minimum Gasteiger partial charge on any atom is -0.452 e. The molecule has 25 heavy (non-hydrogen) atoms. The molecule has 0 saturated heterocycles. The van der Waals surface area contributed by atoms with E-state index in [9.17, 15) is 18.4 Å². The predicted molar refractivity (Wildman–Crippen MR) is 89.4 cm³/mol. The first-order valence-corrected chi connectivity index (χ1v) is 8.23. The number of carbonyl (C=O) groups is 2. The lowest BCUT2D eigenvalue weighted by molar-refractivity contribution is -0.124. The van der Waals surface area contributed by atoms with Crippen molar-refractivity contribution in [1.29, 1.82) is 0 Å². The summed E-state index contributed by atoms with van der Waals surface area (Å²) in [6.07, 6.45) is 1.30. The van der Waals surface area contributed by atoms with Crippen LogP contribution in [0.5, 0.6) is 0 Å². The Labute approximate surface area is 147 Å². The van der Waals surface area contributed by atoms with Gasteiger partial charge in [0.15, 0.2) is 6.61 Å². The van der Waals surface area contributed by atoms with Crippen LogP contribution >= 0.6 is 11.8 Å². The van der Waals surface area contributed by atoms with Crippen molar-refractivity contribution in [2.24, 2.45) is 0 Å². The highest BCUT2D eigenvalue weighted by atomic mass is 32.2. The predicted octanol–water partition coefficient (Wildman–Crippen LogP) is 3.18. The number of carbonyl (C=O) groups excluding carboxylic acids is 2. The molecule has 2 rings (SSSR count). The largest absolute Gasteiger partial charge is 0.452 e. The quantitative estimate of drug-likeness (QED) is 0.602. The van der Waals surface area contributed by atoms with Gasteiger partial charge in [0.05, 0.1) is 5.56 Å². The standard InChI is InChI=1S/C17H16F2N2O3S/c1-11-5-2-3-6-12(11)9-21-14(22)10-24-16(23)13-7-4-8-20-15(13)25-17(18)19/h2-8,17H,9-10H2,1H3,(H,21,22). The fourth-order valence-corrected chi connectivity index (χ4v) is 2.56. The lowest BCUT2D eigenvalue weighted by Gasteiger charge is -2.09. The number of aromatic nitrogens is 1. The van der Waals surface area contributed by atoms with Crippen LogP contribution in [0, 0.1) is 6.92 Å². The van der Waals surface area contributed by atoms with Gasteiger partial charge in [-0.2, -0.15) is 8.78 Å². The summed E-state index contributed by atoms with van der Waals surface area (Å²) in [6.45, 7) is 1.73. The van der Waals surface area contributed by atoms with Gasteiger partial charge in [-0.25, -0.2) is 9.78 Å². The molecule has 1 N–H and O–H groups in total. The van der Waals surface area contributed by atoms with Crippen LogP contribution in [0.1, 0.15) is 21.5 Å². The Kier molecular flexibility index (Phi) is 6.88. The number of nitrogens with zero attached hydrogens (tertiary/aromatic N) is 1. The van der Waals surface area contributed by atoms with E-state index in [1.807, 2.05) is 31.2 Å². The first kappa shape index (κ1) is 18.9. The van der Waals surface area contributed by atoms with E-state index in [4.69, 9.17) is 4.74 Å². The second kappa shape index (κ2) is 9.12. The van der Waals surface area contributed by atoms with Crippen molar-refractivity contribution in [3.8, 4) is 0 Å². The maximum Gasteiger partial charge on any atom is 0.341 e. The van der Waals surface area contributed by atoms with Crippen molar-refractivity contribution in [3.05, 3.63) is 59.3 Å². The van der Waals surface area contributed by atoms with Crippen LogP contribution in [-0.2, 0) is 16.1 Å². The molecule has 0 aliphatic rings. The van der Waals surface area contributed by atoms with Crippen LogP contribution in [0.4, 0.5) is 8.78 Å². The molecule has 0 saturated carbocycles. The second-order valence-corrected chi connectivity index (χ2v) is 5.99. The van der Waals surface area contributed by atoms with Gasteiger partial charge in [0.25, 0.3) is 11.7 Å². The molecule has 0 fully saturated rings. The lowest BCUT2D eigenvalue weighted by Crippen LogP contribution is -2.28. The Morgan fingerprint density at radius 2 is 2.00 bits per heavy atom. The molecule has 1 heterocycles. The zero-order valence-electron chi connectivity index (χ0n) is 13.4. The first-order valence-electron chi connectivity index (χ1n) is 7.35. The van der Waals surface area contributed by atoms with Gasteiger partial charge in [-0.3, -0.25) is 4.79 Å². The SMILES string of the molecule is Cc1ccccc1CNC(=O)COC(=O)c1cccnc1SC(F)F. The van der Waals surface area contributed by atoms with Crippen LogP contribution in [0.3, 0.4) is 0 Å². The molecule has 1 aromatic carbocycles. The number of nitrogens with one attached hydrogen (secondary N) is 1.